The third-order valence-corrected chi connectivity index (χ3v) is 12.9. The second-order valence-corrected chi connectivity index (χ2v) is 18.4. The molecule has 6 aromatic carbocycles. The van der Waals surface area contributed by atoms with Crippen molar-refractivity contribution in [3.05, 3.63) is 120 Å². The third kappa shape index (κ3) is 6.38. The van der Waals surface area contributed by atoms with E-state index in [9.17, 15) is 0 Å². The largest absolute Gasteiger partial charge is 0.530 e. The summed E-state index contributed by atoms with van der Waals surface area (Å²) in [5.74, 6) is 4.25. The molecule has 54 heavy (non-hydrogen) atoms. The summed E-state index contributed by atoms with van der Waals surface area (Å²) in [5.41, 5.74) is 6.36. The molecule has 0 aliphatic carbocycles. The fourth-order valence-electron chi connectivity index (χ4n) is 7.18. The fourth-order valence-corrected chi connectivity index (χ4v) is 10.2. The van der Waals surface area contributed by atoms with Crippen LogP contribution in [0.25, 0.3) is 33.0 Å². The molecule has 6 aromatic rings. The molecule has 7 nitrogen and oxygen atoms in total. The van der Waals surface area contributed by atoms with Crippen LogP contribution in [0.15, 0.2) is 109 Å². The molecule has 2 aliphatic rings. The number of benzene rings is 6. The van der Waals surface area contributed by atoms with Gasteiger partial charge in [-0.15, -0.1) is 0 Å². The van der Waals surface area contributed by atoms with Gasteiger partial charge in [0.05, 0.1) is 25.3 Å². The van der Waals surface area contributed by atoms with Gasteiger partial charge in [0.1, 0.15) is 34.5 Å². The standard InChI is InChI=1S/C45H45NO6P2/c1-44(2,3)35-26-29(47-8)24-33(42(35)51-53-40-23-13-11-19-32(40)31-18-10-12-20-37(31)46(53)7)34-25-30(48-9)27-36(45(4,5)6)43(34)52-54-49-38-21-14-16-28-17-15-22-39(50-54)41(28)38/h10-27H,1-9H3. The number of hydrogen-bond acceptors (Lipinski definition) is 7. The van der Waals surface area contributed by atoms with Crippen molar-refractivity contribution >= 4 is 38.7 Å². The summed E-state index contributed by atoms with van der Waals surface area (Å²) in [6.07, 6.45) is 0. The van der Waals surface area contributed by atoms with E-state index in [4.69, 9.17) is 27.6 Å². The quantitative estimate of drug-likeness (QED) is 0.150. The van der Waals surface area contributed by atoms with Crippen molar-refractivity contribution in [3.8, 4) is 56.8 Å². The summed E-state index contributed by atoms with van der Waals surface area (Å²) in [4.78, 5) is 0. The second kappa shape index (κ2) is 13.7. The minimum Gasteiger partial charge on any atom is -0.497 e. The van der Waals surface area contributed by atoms with Gasteiger partial charge in [0, 0.05) is 40.2 Å². The molecule has 1 atom stereocenters. The number of para-hydroxylation sites is 1. The maximum atomic E-state index is 7.50. The Balaban J connectivity index is 1.34. The van der Waals surface area contributed by atoms with E-state index < -0.39 is 16.9 Å². The van der Waals surface area contributed by atoms with Gasteiger partial charge in [0.25, 0.3) is 0 Å². The molecule has 0 saturated heterocycles. The Morgan fingerprint density at radius 3 is 1.63 bits per heavy atom. The molecular formula is C45H45NO6P2. The summed E-state index contributed by atoms with van der Waals surface area (Å²) in [6.45, 7) is 13.1. The van der Waals surface area contributed by atoms with Gasteiger partial charge in [-0.1, -0.05) is 102 Å². The number of ether oxygens (including phenoxy) is 2. The fraction of sp³-hybridized carbons (Fsp3) is 0.244. The number of nitrogens with zero attached hydrogens (tertiary/aromatic N) is 1. The summed E-state index contributed by atoms with van der Waals surface area (Å²) in [7, 11) is 2.28. The van der Waals surface area contributed by atoms with E-state index in [0.717, 1.165) is 61.3 Å². The summed E-state index contributed by atoms with van der Waals surface area (Å²) in [5, 5.41) is 3.13. The Labute approximate surface area is 320 Å². The molecule has 0 spiro atoms. The highest BCUT2D eigenvalue weighted by atomic mass is 31.2. The lowest BCUT2D eigenvalue weighted by Crippen LogP contribution is -2.28. The number of anilines is 1. The van der Waals surface area contributed by atoms with Gasteiger partial charge in [0.15, 0.2) is 0 Å². The Hall–Kier alpha value is -4.96. The van der Waals surface area contributed by atoms with Gasteiger partial charge in [-0.2, -0.15) is 0 Å². The molecule has 1 unspecified atom stereocenters. The molecule has 2 heterocycles. The minimum absolute atomic E-state index is 0.325. The molecule has 0 bridgehead atoms. The van der Waals surface area contributed by atoms with Gasteiger partial charge >= 0.3 is 8.60 Å². The topological polar surface area (TPSA) is 58.6 Å². The first-order valence-corrected chi connectivity index (χ1v) is 20.4. The average molecular weight is 758 g/mol. The molecule has 2 aliphatic heterocycles. The second-order valence-electron chi connectivity index (χ2n) is 15.6. The predicted molar refractivity (Wildman–Crippen MR) is 223 cm³/mol. The molecule has 0 radical (unpaired) electrons. The first-order valence-electron chi connectivity index (χ1n) is 18.1. The van der Waals surface area contributed by atoms with Gasteiger partial charge in [-0.25, -0.2) is 0 Å². The SMILES string of the molecule is COc1cc(-c2cc(OC)cc(C(C)(C)C)c2OP2c3ccccc3-c3ccccc3N2C)c(OP2Oc3cccc4cccc(c34)O2)c(C(C)(C)C)c1. The van der Waals surface area contributed by atoms with Gasteiger partial charge in [0.2, 0.25) is 8.30 Å². The van der Waals surface area contributed by atoms with Crippen molar-refractivity contribution in [1.29, 1.82) is 0 Å². The Morgan fingerprint density at radius 1 is 0.556 bits per heavy atom. The van der Waals surface area contributed by atoms with Crippen LogP contribution in [0.4, 0.5) is 5.69 Å². The van der Waals surface area contributed by atoms with Crippen LogP contribution < -0.4 is 37.5 Å². The molecule has 0 saturated carbocycles. The molecule has 0 amide bonds. The predicted octanol–water partition coefficient (Wildman–Crippen LogP) is 12.3. The Morgan fingerprint density at radius 2 is 1.07 bits per heavy atom. The number of rotatable bonds is 7. The maximum absolute atomic E-state index is 7.50. The number of fused-ring (bicyclic) bond motifs is 3. The van der Waals surface area contributed by atoms with Crippen LogP contribution in [-0.4, -0.2) is 21.3 Å². The lowest BCUT2D eigenvalue weighted by atomic mass is 9.81. The Bertz CT molecular complexity index is 2360. The van der Waals surface area contributed by atoms with Crippen LogP contribution in [0, 0.1) is 0 Å². The normalized spacial score (nSPS) is 15.1. The van der Waals surface area contributed by atoms with Crippen LogP contribution in [-0.2, 0) is 10.8 Å². The van der Waals surface area contributed by atoms with Crippen LogP contribution in [0.2, 0.25) is 0 Å². The van der Waals surface area contributed by atoms with Gasteiger partial charge in [-0.3, -0.25) is 0 Å². The van der Waals surface area contributed by atoms with Crippen LogP contribution >= 0.6 is 16.9 Å². The van der Waals surface area contributed by atoms with Crippen LogP contribution in [0.5, 0.6) is 34.5 Å². The van der Waals surface area contributed by atoms with E-state index in [1.807, 2.05) is 42.5 Å². The van der Waals surface area contributed by atoms with Crippen molar-refractivity contribution in [2.24, 2.45) is 0 Å². The molecule has 0 fully saturated rings. The highest BCUT2D eigenvalue weighted by molar-refractivity contribution is 7.63. The maximum Gasteiger partial charge on any atom is 0.530 e. The van der Waals surface area contributed by atoms with E-state index in [-0.39, 0.29) is 10.8 Å². The monoisotopic (exact) mass is 757 g/mol. The first-order chi connectivity index (χ1) is 25.9. The zero-order valence-electron chi connectivity index (χ0n) is 32.2. The van der Waals surface area contributed by atoms with Crippen molar-refractivity contribution in [2.75, 3.05) is 25.9 Å². The van der Waals surface area contributed by atoms with E-state index in [0.29, 0.717) is 17.2 Å². The van der Waals surface area contributed by atoms with Crippen molar-refractivity contribution in [3.63, 3.8) is 0 Å². The van der Waals surface area contributed by atoms with Crippen molar-refractivity contribution < 1.29 is 27.6 Å². The summed E-state index contributed by atoms with van der Waals surface area (Å²) in [6, 6.07) is 37.3. The molecule has 8 rings (SSSR count). The zero-order chi connectivity index (χ0) is 37.9. The first kappa shape index (κ1) is 36.0. The molecule has 0 aromatic heterocycles. The van der Waals surface area contributed by atoms with Gasteiger partial charge < -0.3 is 32.2 Å². The molecular weight excluding hydrogens is 712 g/mol. The highest BCUT2D eigenvalue weighted by Crippen LogP contribution is 2.59. The van der Waals surface area contributed by atoms with E-state index >= 15 is 0 Å². The lowest BCUT2D eigenvalue weighted by Gasteiger charge is -2.38. The van der Waals surface area contributed by atoms with Crippen LogP contribution in [0.1, 0.15) is 52.7 Å². The van der Waals surface area contributed by atoms with Gasteiger partial charge in [-0.05, 0) is 70.3 Å². The highest BCUT2D eigenvalue weighted by Gasteiger charge is 2.37. The molecule has 9 heteroatoms. The molecule has 276 valence electrons. The van der Waals surface area contributed by atoms with E-state index in [1.54, 1.807) is 14.2 Å². The average Bonchev–Trinajstić information content (AvgIpc) is 3.15. The Kier molecular flexibility index (Phi) is 9.15. The molecule has 0 N–H and O–H groups in total. The zero-order valence-corrected chi connectivity index (χ0v) is 34.0. The van der Waals surface area contributed by atoms with E-state index in [1.165, 1.54) is 11.1 Å². The smallest absolute Gasteiger partial charge is 0.497 e. The lowest BCUT2D eigenvalue weighted by molar-refractivity contribution is 0.374. The van der Waals surface area contributed by atoms with Crippen LogP contribution in [0.3, 0.4) is 0 Å². The number of hydrogen-bond donors (Lipinski definition) is 0. The minimum atomic E-state index is -1.90. The summed E-state index contributed by atoms with van der Waals surface area (Å²) < 4.78 is 41.8. The van der Waals surface area contributed by atoms with Crippen molar-refractivity contribution in [1.82, 2.24) is 0 Å². The third-order valence-electron chi connectivity index (χ3n) is 9.95. The van der Waals surface area contributed by atoms with Crippen molar-refractivity contribution in [2.45, 2.75) is 52.4 Å². The number of methoxy groups -OCH3 is 2. The van der Waals surface area contributed by atoms with E-state index in [2.05, 4.69) is 120 Å². The summed E-state index contributed by atoms with van der Waals surface area (Å²) >= 11 is 0.